The van der Waals surface area contributed by atoms with E-state index in [1.165, 1.54) is 6.07 Å². The van der Waals surface area contributed by atoms with Crippen LogP contribution in [0.3, 0.4) is 0 Å². The maximum absolute atomic E-state index is 12.2. The molecule has 0 unspecified atom stereocenters. The zero-order valence-corrected chi connectivity index (χ0v) is 8.33. The third kappa shape index (κ3) is 2.10. The molecule has 1 rings (SSSR count). The van der Waals surface area contributed by atoms with Gasteiger partial charge in [0.1, 0.15) is 0 Å². The molecular weight excluding hydrogens is 247 g/mol. The van der Waals surface area contributed by atoms with E-state index < -0.39 is 25.9 Å². The molecule has 0 bridgehead atoms. The lowest BCUT2D eigenvalue weighted by molar-refractivity contribution is -0.0435. The summed E-state index contributed by atoms with van der Waals surface area (Å²) in [6.45, 7) is 0. The Morgan fingerprint density at radius 2 is 1.81 bits per heavy atom. The van der Waals surface area contributed by atoms with Crippen LogP contribution in [0.1, 0.15) is 0 Å². The number of nitrogens with zero attached hydrogens (tertiary/aromatic N) is 3. The van der Waals surface area contributed by atoms with Gasteiger partial charge in [0, 0.05) is 4.91 Å². The second-order valence-corrected chi connectivity index (χ2v) is 4.52. The molecule has 0 saturated carbocycles. The minimum absolute atomic E-state index is 0.581. The van der Waals surface area contributed by atoms with E-state index in [1.54, 1.807) is 0 Å². The number of halogens is 3. The van der Waals surface area contributed by atoms with Gasteiger partial charge in [0.2, 0.25) is 0 Å². The van der Waals surface area contributed by atoms with Crippen LogP contribution < -0.4 is 0 Å². The molecule has 0 aliphatic heterocycles. The minimum Gasteiger partial charge on any atom is -0.214 e. The van der Waals surface area contributed by atoms with Gasteiger partial charge in [-0.05, 0) is 11.6 Å². The van der Waals surface area contributed by atoms with Gasteiger partial charge in [-0.15, -0.1) is 0 Å². The first-order valence-electron chi connectivity index (χ1n) is 3.76. The fourth-order valence-corrected chi connectivity index (χ4v) is 1.83. The molecule has 1 aromatic carbocycles. The van der Waals surface area contributed by atoms with Gasteiger partial charge in [0.05, 0.1) is 10.6 Å². The van der Waals surface area contributed by atoms with Crippen molar-refractivity contribution in [2.75, 3.05) is 0 Å². The van der Waals surface area contributed by atoms with Gasteiger partial charge in [-0.2, -0.15) is 13.2 Å². The summed E-state index contributed by atoms with van der Waals surface area (Å²) in [6.07, 6.45) is 0. The summed E-state index contributed by atoms with van der Waals surface area (Å²) in [5.74, 6) is 0. The molecule has 0 amide bonds. The number of azide groups is 1. The van der Waals surface area contributed by atoms with Gasteiger partial charge in [-0.3, -0.25) is 0 Å². The highest BCUT2D eigenvalue weighted by atomic mass is 32.2. The van der Waals surface area contributed by atoms with E-state index >= 15 is 0 Å². The van der Waals surface area contributed by atoms with Crippen LogP contribution in [0.2, 0.25) is 0 Å². The molecule has 0 saturated heterocycles. The molecule has 0 heterocycles. The summed E-state index contributed by atoms with van der Waals surface area (Å²) in [5, 5.41) is 2.89. The van der Waals surface area contributed by atoms with E-state index in [4.69, 9.17) is 5.53 Å². The molecular formula is C7H4F3N3O2S. The third-order valence-electron chi connectivity index (χ3n) is 1.61. The van der Waals surface area contributed by atoms with Crippen molar-refractivity contribution in [3.05, 3.63) is 34.7 Å². The van der Waals surface area contributed by atoms with E-state index in [2.05, 4.69) is 10.0 Å². The van der Waals surface area contributed by atoms with Gasteiger partial charge in [0.25, 0.3) is 9.84 Å². The van der Waals surface area contributed by atoms with Crippen molar-refractivity contribution in [3.8, 4) is 0 Å². The first kappa shape index (κ1) is 12.3. The summed E-state index contributed by atoms with van der Waals surface area (Å²) in [6, 6.07) is 4.08. The molecule has 0 aliphatic carbocycles. The average Bonchev–Trinajstić information content (AvgIpc) is 2.17. The van der Waals surface area contributed by atoms with Gasteiger partial charge in [0.15, 0.2) is 0 Å². The Kier molecular flexibility index (Phi) is 3.11. The predicted octanol–water partition coefficient (Wildman–Crippen LogP) is 2.92. The van der Waals surface area contributed by atoms with Crippen molar-refractivity contribution >= 4 is 15.5 Å². The lowest BCUT2D eigenvalue weighted by Crippen LogP contribution is -2.23. The van der Waals surface area contributed by atoms with E-state index in [9.17, 15) is 21.6 Å². The Morgan fingerprint density at radius 1 is 1.25 bits per heavy atom. The molecule has 9 heteroatoms. The first-order valence-corrected chi connectivity index (χ1v) is 5.24. The van der Waals surface area contributed by atoms with Crippen molar-refractivity contribution in [2.24, 2.45) is 5.11 Å². The molecule has 0 radical (unpaired) electrons. The molecule has 0 fully saturated rings. The lowest BCUT2D eigenvalue weighted by atomic mass is 10.3. The van der Waals surface area contributed by atoms with Crippen LogP contribution in [-0.2, 0) is 9.84 Å². The van der Waals surface area contributed by atoms with Crippen LogP contribution in [0.4, 0.5) is 18.9 Å². The number of hydrogen-bond acceptors (Lipinski definition) is 3. The SMILES string of the molecule is [N-]=[N+]=Nc1ccccc1S(=O)(=O)C(F)(F)F. The minimum atomic E-state index is -5.49. The maximum atomic E-state index is 12.2. The summed E-state index contributed by atoms with van der Waals surface area (Å²) in [7, 11) is -5.49. The van der Waals surface area contributed by atoms with Gasteiger partial charge >= 0.3 is 5.51 Å². The van der Waals surface area contributed by atoms with Gasteiger partial charge < -0.3 is 0 Å². The summed E-state index contributed by atoms with van der Waals surface area (Å²) >= 11 is 0. The van der Waals surface area contributed by atoms with Gasteiger partial charge in [-0.25, -0.2) is 8.42 Å². The second-order valence-electron chi connectivity index (χ2n) is 2.61. The smallest absolute Gasteiger partial charge is 0.214 e. The van der Waals surface area contributed by atoms with Crippen molar-refractivity contribution in [2.45, 2.75) is 10.4 Å². The first-order chi connectivity index (χ1) is 7.30. The molecule has 0 aliphatic rings. The zero-order valence-electron chi connectivity index (χ0n) is 7.51. The van der Waals surface area contributed by atoms with Crippen LogP contribution in [0.25, 0.3) is 10.4 Å². The Labute approximate surface area is 88.1 Å². The Hall–Kier alpha value is -1.73. The zero-order chi connectivity index (χ0) is 12.4. The van der Waals surface area contributed by atoms with Crippen molar-refractivity contribution in [1.29, 1.82) is 0 Å². The quantitative estimate of drug-likeness (QED) is 0.460. The third-order valence-corrected chi connectivity index (χ3v) is 3.15. The average molecular weight is 251 g/mol. The Bertz CT molecular complexity index is 546. The Balaban J connectivity index is 3.51. The predicted molar refractivity (Wildman–Crippen MR) is 48.5 cm³/mol. The molecule has 1 aromatic rings. The van der Waals surface area contributed by atoms with Crippen LogP contribution in [-0.4, -0.2) is 13.9 Å². The van der Waals surface area contributed by atoms with Gasteiger partial charge in [-0.1, -0.05) is 23.3 Å². The van der Waals surface area contributed by atoms with Crippen LogP contribution >= 0.6 is 0 Å². The second kappa shape index (κ2) is 4.03. The monoisotopic (exact) mass is 251 g/mol. The van der Waals surface area contributed by atoms with Crippen molar-refractivity contribution in [3.63, 3.8) is 0 Å². The highest BCUT2D eigenvalue weighted by molar-refractivity contribution is 7.92. The number of hydrogen-bond donors (Lipinski definition) is 0. The molecule has 0 atom stereocenters. The lowest BCUT2D eigenvalue weighted by Gasteiger charge is -2.09. The topological polar surface area (TPSA) is 82.9 Å². The van der Waals surface area contributed by atoms with E-state index in [0.29, 0.717) is 0 Å². The Morgan fingerprint density at radius 3 is 2.31 bits per heavy atom. The van der Waals surface area contributed by atoms with Crippen LogP contribution in [0, 0.1) is 0 Å². The standard InChI is InChI=1S/C7H4F3N3O2S/c8-7(9,10)16(14,15)6-4-2-1-3-5(6)12-13-11/h1-4H. The van der Waals surface area contributed by atoms with E-state index in [-0.39, 0.29) is 0 Å². The molecule has 0 aromatic heterocycles. The van der Waals surface area contributed by atoms with E-state index in [0.717, 1.165) is 18.2 Å². The van der Waals surface area contributed by atoms with Crippen molar-refractivity contribution in [1.82, 2.24) is 0 Å². The largest absolute Gasteiger partial charge is 0.501 e. The number of rotatable bonds is 2. The summed E-state index contributed by atoms with van der Waals surface area (Å²) in [5.41, 5.74) is 2.09. The highest BCUT2D eigenvalue weighted by Gasteiger charge is 2.47. The fraction of sp³-hybridized carbons (Fsp3) is 0.143. The molecule has 86 valence electrons. The normalized spacial score (nSPS) is 11.9. The highest BCUT2D eigenvalue weighted by Crippen LogP contribution is 2.35. The molecule has 16 heavy (non-hydrogen) atoms. The van der Waals surface area contributed by atoms with E-state index in [1.807, 2.05) is 0 Å². The molecule has 0 N–H and O–H groups in total. The molecule has 5 nitrogen and oxygen atoms in total. The summed E-state index contributed by atoms with van der Waals surface area (Å²) in [4.78, 5) is 1.20. The van der Waals surface area contributed by atoms with Crippen molar-refractivity contribution < 1.29 is 21.6 Å². The number of alkyl halides is 3. The van der Waals surface area contributed by atoms with Crippen LogP contribution in [0.15, 0.2) is 34.3 Å². The summed E-state index contributed by atoms with van der Waals surface area (Å²) < 4.78 is 58.7. The fourth-order valence-electron chi connectivity index (χ4n) is 0.940. The number of sulfone groups is 1. The maximum Gasteiger partial charge on any atom is 0.501 e. The number of benzene rings is 1. The molecule has 0 spiro atoms. The van der Waals surface area contributed by atoms with Crippen LogP contribution in [0.5, 0.6) is 0 Å².